The number of benzene rings is 2. The summed E-state index contributed by atoms with van der Waals surface area (Å²) >= 11 is 0. The first-order valence-corrected chi connectivity index (χ1v) is 11.2. The van der Waals surface area contributed by atoms with Crippen LogP contribution < -0.4 is 9.47 Å². The minimum absolute atomic E-state index is 0.371. The Hall–Kier alpha value is -2.05. The molecular formula is C22H28O5S. The van der Waals surface area contributed by atoms with Gasteiger partial charge in [-0.25, -0.2) is 8.42 Å². The number of hydrogen-bond acceptors (Lipinski definition) is 5. The molecule has 1 aliphatic heterocycles. The van der Waals surface area contributed by atoms with Crippen LogP contribution in [0.15, 0.2) is 30.3 Å². The zero-order valence-corrected chi connectivity index (χ0v) is 18.1. The Morgan fingerprint density at radius 1 is 1.04 bits per heavy atom. The van der Waals surface area contributed by atoms with Crippen molar-refractivity contribution in [1.82, 2.24) is 0 Å². The minimum Gasteiger partial charge on any atom is -0.488 e. The molecule has 0 spiro atoms. The zero-order valence-electron chi connectivity index (χ0n) is 17.3. The SMILES string of the molecule is Cc1c(C)c2c(c(C)c1OCc1ccccc1)[C@](CO)(S(C)(=O)=O)C(C)(C)O2. The van der Waals surface area contributed by atoms with Crippen LogP contribution >= 0.6 is 0 Å². The molecule has 0 unspecified atom stereocenters. The molecule has 0 bridgehead atoms. The van der Waals surface area contributed by atoms with E-state index in [2.05, 4.69) is 0 Å². The van der Waals surface area contributed by atoms with Gasteiger partial charge < -0.3 is 14.6 Å². The molecule has 0 radical (unpaired) electrons. The molecule has 2 aromatic rings. The molecule has 5 nitrogen and oxygen atoms in total. The fourth-order valence-electron chi connectivity index (χ4n) is 4.31. The van der Waals surface area contributed by atoms with Gasteiger partial charge in [0.2, 0.25) is 0 Å². The van der Waals surface area contributed by atoms with Crippen LogP contribution in [0.3, 0.4) is 0 Å². The summed E-state index contributed by atoms with van der Waals surface area (Å²) < 4.78 is 36.6. The van der Waals surface area contributed by atoms with Crippen molar-refractivity contribution in [3.8, 4) is 11.5 Å². The highest BCUT2D eigenvalue weighted by Crippen LogP contribution is 2.57. The van der Waals surface area contributed by atoms with Gasteiger partial charge in [-0.15, -0.1) is 0 Å². The molecule has 28 heavy (non-hydrogen) atoms. The van der Waals surface area contributed by atoms with E-state index in [0.717, 1.165) is 22.9 Å². The first-order chi connectivity index (χ1) is 13.0. The third kappa shape index (κ3) is 2.81. The molecule has 0 aliphatic carbocycles. The first kappa shape index (κ1) is 20.7. The van der Waals surface area contributed by atoms with Gasteiger partial charge in [0.1, 0.15) is 23.7 Å². The lowest BCUT2D eigenvalue weighted by Crippen LogP contribution is -2.54. The van der Waals surface area contributed by atoms with Gasteiger partial charge in [0.15, 0.2) is 14.6 Å². The lowest BCUT2D eigenvalue weighted by Gasteiger charge is -2.37. The van der Waals surface area contributed by atoms with Crippen molar-refractivity contribution < 1.29 is 23.0 Å². The number of hydrogen-bond donors (Lipinski definition) is 1. The Morgan fingerprint density at radius 2 is 1.64 bits per heavy atom. The molecule has 1 aliphatic rings. The van der Waals surface area contributed by atoms with Crippen LogP contribution in [0, 0.1) is 20.8 Å². The van der Waals surface area contributed by atoms with E-state index >= 15 is 0 Å². The van der Waals surface area contributed by atoms with Crippen LogP contribution in [0.1, 0.15) is 41.7 Å². The fourth-order valence-corrected chi connectivity index (χ4v) is 6.10. The molecule has 0 aromatic heterocycles. The van der Waals surface area contributed by atoms with Crippen molar-refractivity contribution in [1.29, 1.82) is 0 Å². The van der Waals surface area contributed by atoms with Gasteiger partial charge in [0.25, 0.3) is 0 Å². The second kappa shape index (κ2) is 6.78. The Labute approximate surface area is 167 Å². The smallest absolute Gasteiger partial charge is 0.163 e. The van der Waals surface area contributed by atoms with Crippen molar-refractivity contribution in [3.63, 3.8) is 0 Å². The lowest BCUT2D eigenvalue weighted by molar-refractivity contribution is 0.0596. The van der Waals surface area contributed by atoms with E-state index in [1.807, 2.05) is 51.1 Å². The van der Waals surface area contributed by atoms with Crippen molar-refractivity contribution >= 4 is 9.84 Å². The molecule has 1 atom stereocenters. The summed E-state index contributed by atoms with van der Waals surface area (Å²) in [5.41, 5.74) is 2.85. The summed E-state index contributed by atoms with van der Waals surface area (Å²) in [5.74, 6) is 1.18. The average molecular weight is 405 g/mol. The minimum atomic E-state index is -3.70. The molecule has 0 fully saturated rings. The standard InChI is InChI=1S/C22H28O5S/c1-14-15(2)20-18(22(13-23,28(6,24)25)21(4,5)27-20)16(3)19(14)26-12-17-10-8-7-9-11-17/h7-11,23H,12-13H2,1-6H3/t22-/m0/s1. The van der Waals surface area contributed by atoms with Crippen molar-refractivity contribution in [2.75, 3.05) is 12.9 Å². The van der Waals surface area contributed by atoms with E-state index in [9.17, 15) is 13.5 Å². The number of aliphatic hydroxyl groups is 1. The Morgan fingerprint density at radius 3 is 2.18 bits per heavy atom. The van der Waals surface area contributed by atoms with Crippen molar-refractivity contribution in [3.05, 3.63) is 58.1 Å². The van der Waals surface area contributed by atoms with E-state index in [-0.39, 0.29) is 0 Å². The number of sulfone groups is 1. The molecule has 152 valence electrons. The maximum absolute atomic E-state index is 12.9. The molecular weight excluding hydrogens is 376 g/mol. The molecule has 2 aromatic carbocycles. The van der Waals surface area contributed by atoms with Crippen LogP contribution in [-0.2, 0) is 21.2 Å². The number of ether oxygens (including phenoxy) is 2. The largest absolute Gasteiger partial charge is 0.488 e. The number of aliphatic hydroxyl groups excluding tert-OH is 1. The van der Waals surface area contributed by atoms with Gasteiger partial charge in [-0.1, -0.05) is 30.3 Å². The summed E-state index contributed by atoms with van der Waals surface area (Å²) in [6, 6.07) is 9.80. The lowest BCUT2D eigenvalue weighted by atomic mass is 9.82. The molecule has 6 heteroatoms. The summed E-state index contributed by atoms with van der Waals surface area (Å²) in [6.45, 7) is 8.91. The van der Waals surface area contributed by atoms with Crippen LogP contribution in [-0.4, -0.2) is 32.0 Å². The van der Waals surface area contributed by atoms with Crippen molar-refractivity contribution in [2.45, 2.75) is 51.6 Å². The van der Waals surface area contributed by atoms with Gasteiger partial charge >= 0.3 is 0 Å². The normalized spacial score (nSPS) is 20.5. The van der Waals surface area contributed by atoms with Gasteiger partial charge in [-0.05, 0) is 51.3 Å². The summed E-state index contributed by atoms with van der Waals surface area (Å²) in [5, 5.41) is 10.3. The predicted octanol–water partition coefficient (Wildman–Crippen LogP) is 3.59. The molecule has 0 saturated carbocycles. The second-order valence-electron chi connectivity index (χ2n) is 8.05. The third-order valence-electron chi connectivity index (χ3n) is 6.00. The molecule has 0 saturated heterocycles. The van der Waals surface area contributed by atoms with Crippen LogP contribution in [0.2, 0.25) is 0 Å². The maximum atomic E-state index is 12.9. The topological polar surface area (TPSA) is 72.8 Å². The van der Waals surface area contributed by atoms with E-state index in [1.54, 1.807) is 13.8 Å². The van der Waals surface area contributed by atoms with E-state index in [4.69, 9.17) is 9.47 Å². The van der Waals surface area contributed by atoms with Gasteiger partial charge in [-0.2, -0.15) is 0 Å². The highest BCUT2D eigenvalue weighted by atomic mass is 32.2. The van der Waals surface area contributed by atoms with Crippen LogP contribution in [0.5, 0.6) is 11.5 Å². The molecule has 1 heterocycles. The molecule has 1 N–H and O–H groups in total. The zero-order chi connectivity index (χ0) is 20.9. The number of rotatable bonds is 5. The molecule has 0 amide bonds. The van der Waals surface area contributed by atoms with Crippen molar-refractivity contribution in [2.24, 2.45) is 0 Å². The van der Waals surface area contributed by atoms with E-state index < -0.39 is 26.8 Å². The van der Waals surface area contributed by atoms with Gasteiger partial charge in [-0.3, -0.25) is 0 Å². The third-order valence-corrected chi connectivity index (χ3v) is 8.09. The fraction of sp³-hybridized carbons (Fsp3) is 0.455. The maximum Gasteiger partial charge on any atom is 0.163 e. The second-order valence-corrected chi connectivity index (χ2v) is 10.3. The summed E-state index contributed by atoms with van der Waals surface area (Å²) in [7, 11) is -3.70. The average Bonchev–Trinajstić information content (AvgIpc) is 2.88. The summed E-state index contributed by atoms with van der Waals surface area (Å²) in [6.07, 6.45) is 1.16. The van der Waals surface area contributed by atoms with Gasteiger partial charge in [0.05, 0.1) is 6.61 Å². The number of fused-ring (bicyclic) bond motifs is 1. The predicted molar refractivity (Wildman–Crippen MR) is 110 cm³/mol. The summed E-state index contributed by atoms with van der Waals surface area (Å²) in [4.78, 5) is 0. The quantitative estimate of drug-likeness (QED) is 0.824. The molecule has 3 rings (SSSR count). The van der Waals surface area contributed by atoms with E-state index in [1.165, 1.54) is 0 Å². The first-order valence-electron chi connectivity index (χ1n) is 9.28. The van der Waals surface area contributed by atoms with Gasteiger partial charge in [0, 0.05) is 17.4 Å². The van der Waals surface area contributed by atoms with Crippen LogP contribution in [0.4, 0.5) is 0 Å². The Kier molecular flexibility index (Phi) is 5.01. The Bertz CT molecular complexity index is 1010. The highest BCUT2D eigenvalue weighted by molar-refractivity contribution is 7.91. The highest BCUT2D eigenvalue weighted by Gasteiger charge is 2.63. The Balaban J connectivity index is 2.22. The monoisotopic (exact) mass is 404 g/mol. The van der Waals surface area contributed by atoms with Crippen LogP contribution in [0.25, 0.3) is 0 Å². The van der Waals surface area contributed by atoms with E-state index in [0.29, 0.717) is 29.2 Å².